The molecule has 0 aliphatic carbocycles. The van der Waals surface area contributed by atoms with Crippen LogP contribution in [0.5, 0.6) is 11.5 Å². The Hall–Kier alpha value is -3.02. The third-order valence-electron chi connectivity index (χ3n) is 3.51. The number of ether oxygens (including phenoxy) is 3. The van der Waals surface area contributed by atoms with Crippen LogP contribution < -0.4 is 14.9 Å². The van der Waals surface area contributed by atoms with Gasteiger partial charge in [0.25, 0.3) is 0 Å². The highest BCUT2D eigenvalue weighted by atomic mass is 16.5. The van der Waals surface area contributed by atoms with Gasteiger partial charge in [-0.15, -0.1) is 0 Å². The summed E-state index contributed by atoms with van der Waals surface area (Å²) < 4.78 is 15.2. The lowest BCUT2D eigenvalue weighted by atomic mass is 10.0. The average Bonchev–Trinajstić information content (AvgIpc) is 2.66. The fourth-order valence-electron chi connectivity index (χ4n) is 2.20. The predicted octanol–water partition coefficient (Wildman–Crippen LogP) is 3.40. The molecule has 0 fully saturated rings. The molecule has 0 aliphatic rings. The zero-order valence-electron chi connectivity index (χ0n) is 14.6. The fourth-order valence-corrected chi connectivity index (χ4v) is 2.20. The molecule has 0 atom stereocenters. The van der Waals surface area contributed by atoms with Crippen molar-refractivity contribution in [2.75, 3.05) is 20.8 Å². The van der Waals surface area contributed by atoms with E-state index in [1.165, 1.54) is 0 Å². The summed E-state index contributed by atoms with van der Waals surface area (Å²) in [5, 5.41) is 4.23. The van der Waals surface area contributed by atoms with Gasteiger partial charge in [0.1, 0.15) is 11.5 Å². The van der Waals surface area contributed by atoms with Gasteiger partial charge in [0, 0.05) is 6.42 Å². The number of nitrogens with zero attached hydrogens (tertiary/aromatic N) is 1. The summed E-state index contributed by atoms with van der Waals surface area (Å²) in [6.07, 6.45) is -0.0360. The highest BCUT2D eigenvalue weighted by Crippen LogP contribution is 2.16. The molecule has 0 unspecified atom stereocenters. The first-order valence-electron chi connectivity index (χ1n) is 7.93. The van der Waals surface area contributed by atoms with Gasteiger partial charge >= 0.3 is 6.09 Å². The van der Waals surface area contributed by atoms with E-state index in [4.69, 9.17) is 14.2 Å². The van der Waals surface area contributed by atoms with Gasteiger partial charge in [0.2, 0.25) is 0 Å². The normalized spacial score (nSPS) is 10.9. The monoisotopic (exact) mass is 342 g/mol. The molecule has 25 heavy (non-hydrogen) atoms. The summed E-state index contributed by atoms with van der Waals surface area (Å²) in [4.78, 5) is 11.5. The van der Waals surface area contributed by atoms with Gasteiger partial charge in [-0.25, -0.2) is 10.2 Å². The third-order valence-corrected chi connectivity index (χ3v) is 3.51. The molecule has 0 bridgehead atoms. The number of carbonyl (C=O) groups excluding carboxylic acids is 1. The van der Waals surface area contributed by atoms with E-state index in [1.54, 1.807) is 21.1 Å². The second kappa shape index (κ2) is 9.32. The second-order valence-corrected chi connectivity index (χ2v) is 5.14. The fraction of sp³-hybridized carbons (Fsp3) is 0.263. The second-order valence-electron chi connectivity index (χ2n) is 5.14. The summed E-state index contributed by atoms with van der Waals surface area (Å²) in [6.45, 7) is 2.03. The highest BCUT2D eigenvalue weighted by Gasteiger charge is 2.08. The average molecular weight is 342 g/mol. The summed E-state index contributed by atoms with van der Waals surface area (Å²) in [5.41, 5.74) is 5.06. The molecule has 0 spiro atoms. The number of hydrogen-bond donors (Lipinski definition) is 1. The first-order chi connectivity index (χ1) is 12.2. The molecule has 0 aromatic heterocycles. The van der Waals surface area contributed by atoms with Crippen LogP contribution in [0, 0.1) is 0 Å². The molecule has 0 radical (unpaired) electrons. The molecule has 1 N–H and O–H groups in total. The third kappa shape index (κ3) is 5.53. The minimum absolute atomic E-state index is 0.289. The number of benzene rings is 2. The van der Waals surface area contributed by atoms with Crippen LogP contribution in [-0.2, 0) is 11.2 Å². The van der Waals surface area contributed by atoms with Crippen LogP contribution in [0.2, 0.25) is 0 Å². The smallest absolute Gasteiger partial charge is 0.427 e. The van der Waals surface area contributed by atoms with Crippen molar-refractivity contribution in [3.63, 3.8) is 0 Å². The topological polar surface area (TPSA) is 69.2 Å². The Bertz CT molecular complexity index is 709. The van der Waals surface area contributed by atoms with Crippen LogP contribution in [0.15, 0.2) is 53.6 Å². The molecule has 6 heteroatoms. The molecule has 0 saturated carbocycles. The lowest BCUT2D eigenvalue weighted by molar-refractivity contribution is 0.152. The van der Waals surface area contributed by atoms with Crippen molar-refractivity contribution in [1.82, 2.24) is 5.43 Å². The van der Waals surface area contributed by atoms with Crippen LogP contribution in [0.4, 0.5) is 4.79 Å². The van der Waals surface area contributed by atoms with Gasteiger partial charge in [-0.2, -0.15) is 5.10 Å². The van der Waals surface area contributed by atoms with Crippen LogP contribution in [0.1, 0.15) is 18.1 Å². The van der Waals surface area contributed by atoms with E-state index in [1.807, 2.05) is 48.5 Å². The summed E-state index contributed by atoms with van der Waals surface area (Å²) in [6, 6.07) is 15.2. The van der Waals surface area contributed by atoms with Gasteiger partial charge in [0.15, 0.2) is 0 Å². The number of hydrazone groups is 1. The summed E-state index contributed by atoms with van der Waals surface area (Å²) >= 11 is 0. The SMILES string of the molecule is CCOC(=O)N/N=C(/Cc1ccc(OC)cc1)c1ccc(OC)cc1. The van der Waals surface area contributed by atoms with Gasteiger partial charge in [-0.1, -0.05) is 12.1 Å². The van der Waals surface area contributed by atoms with E-state index in [9.17, 15) is 4.79 Å². The van der Waals surface area contributed by atoms with Crippen molar-refractivity contribution in [1.29, 1.82) is 0 Å². The van der Waals surface area contributed by atoms with Crippen molar-refractivity contribution < 1.29 is 19.0 Å². The van der Waals surface area contributed by atoms with Crippen LogP contribution in [-0.4, -0.2) is 32.6 Å². The van der Waals surface area contributed by atoms with Gasteiger partial charge < -0.3 is 14.2 Å². The van der Waals surface area contributed by atoms with Crippen molar-refractivity contribution >= 4 is 11.8 Å². The Morgan fingerprint density at radius 3 is 2.04 bits per heavy atom. The molecular weight excluding hydrogens is 320 g/mol. The van der Waals surface area contributed by atoms with E-state index in [-0.39, 0.29) is 6.61 Å². The molecule has 0 aliphatic heterocycles. The number of carbonyl (C=O) groups is 1. The number of methoxy groups -OCH3 is 2. The van der Waals surface area contributed by atoms with Crippen molar-refractivity contribution in [2.45, 2.75) is 13.3 Å². The number of rotatable bonds is 7. The Balaban J connectivity index is 2.23. The first-order valence-corrected chi connectivity index (χ1v) is 7.93. The molecule has 2 aromatic carbocycles. The largest absolute Gasteiger partial charge is 0.497 e. The Morgan fingerprint density at radius 2 is 1.52 bits per heavy atom. The van der Waals surface area contributed by atoms with E-state index < -0.39 is 6.09 Å². The van der Waals surface area contributed by atoms with E-state index in [2.05, 4.69) is 10.5 Å². The summed E-state index contributed by atoms with van der Waals surface area (Å²) in [7, 11) is 3.24. The zero-order chi connectivity index (χ0) is 18.1. The van der Waals surface area contributed by atoms with Gasteiger partial charge in [-0.3, -0.25) is 0 Å². The molecule has 2 aromatic rings. The molecule has 1 amide bonds. The first kappa shape index (κ1) is 18.3. The molecule has 0 heterocycles. The maximum Gasteiger partial charge on any atom is 0.427 e. The standard InChI is InChI=1S/C19H22N2O4/c1-4-25-19(22)21-20-18(15-7-11-17(24-3)12-8-15)13-14-5-9-16(23-2)10-6-14/h5-12H,4,13H2,1-3H3,(H,21,22)/b20-18-. The zero-order valence-corrected chi connectivity index (χ0v) is 14.6. The molecule has 0 saturated heterocycles. The summed E-state index contributed by atoms with van der Waals surface area (Å²) in [5.74, 6) is 1.54. The Morgan fingerprint density at radius 1 is 0.960 bits per heavy atom. The maximum absolute atomic E-state index is 11.5. The minimum atomic E-state index is -0.580. The van der Waals surface area contributed by atoms with E-state index in [0.29, 0.717) is 12.1 Å². The quantitative estimate of drug-likeness (QED) is 0.618. The van der Waals surface area contributed by atoms with Gasteiger partial charge in [-0.05, 0) is 54.4 Å². The number of amides is 1. The predicted molar refractivity (Wildman–Crippen MR) is 96.4 cm³/mol. The number of nitrogens with one attached hydrogen (secondary N) is 1. The van der Waals surface area contributed by atoms with E-state index in [0.717, 1.165) is 22.6 Å². The highest BCUT2D eigenvalue weighted by molar-refractivity contribution is 6.02. The Labute approximate surface area is 147 Å². The molecule has 6 nitrogen and oxygen atoms in total. The maximum atomic E-state index is 11.5. The number of hydrogen-bond acceptors (Lipinski definition) is 5. The molecule has 2 rings (SSSR count). The lowest BCUT2D eigenvalue weighted by Crippen LogP contribution is -2.21. The minimum Gasteiger partial charge on any atom is -0.497 e. The lowest BCUT2D eigenvalue weighted by Gasteiger charge is -2.09. The molecule has 132 valence electrons. The van der Waals surface area contributed by atoms with Crippen molar-refractivity contribution in [2.24, 2.45) is 5.10 Å². The van der Waals surface area contributed by atoms with Crippen LogP contribution in [0.25, 0.3) is 0 Å². The van der Waals surface area contributed by atoms with Crippen LogP contribution >= 0.6 is 0 Å². The Kier molecular flexibility index (Phi) is 6.83. The van der Waals surface area contributed by atoms with Crippen molar-refractivity contribution in [3.05, 3.63) is 59.7 Å². The van der Waals surface area contributed by atoms with Crippen LogP contribution in [0.3, 0.4) is 0 Å². The molecular formula is C19H22N2O4. The van der Waals surface area contributed by atoms with E-state index >= 15 is 0 Å². The van der Waals surface area contributed by atoms with Gasteiger partial charge in [0.05, 0.1) is 26.5 Å². The van der Waals surface area contributed by atoms with Crippen molar-refractivity contribution in [3.8, 4) is 11.5 Å².